The van der Waals surface area contributed by atoms with Crippen LogP contribution in [0.1, 0.15) is 13.8 Å². The molecule has 0 aliphatic rings. The molecule has 0 fully saturated rings. The summed E-state index contributed by atoms with van der Waals surface area (Å²) in [5, 5.41) is 9.51. The van der Waals surface area contributed by atoms with Crippen molar-refractivity contribution >= 4 is 21.8 Å². The molecule has 1 aromatic heterocycles. The van der Waals surface area contributed by atoms with Gasteiger partial charge < -0.3 is 13.9 Å². The van der Waals surface area contributed by atoms with Crippen molar-refractivity contribution in [2.45, 2.75) is 24.0 Å². The zero-order valence-electron chi connectivity index (χ0n) is 16.7. The SMILES string of the molecule is COc1ccccc1OCC(=O)Nc1nnc(-c2cccc(S(=O)(=O)C(C)C)c2)o1. The van der Waals surface area contributed by atoms with E-state index in [0.29, 0.717) is 17.1 Å². The van der Waals surface area contributed by atoms with Crippen molar-refractivity contribution < 1.29 is 27.1 Å². The molecule has 30 heavy (non-hydrogen) atoms. The first-order valence-electron chi connectivity index (χ1n) is 9.04. The van der Waals surface area contributed by atoms with E-state index in [1.54, 1.807) is 50.2 Å². The Hall–Kier alpha value is -3.40. The summed E-state index contributed by atoms with van der Waals surface area (Å²) in [5.74, 6) is 0.496. The van der Waals surface area contributed by atoms with Gasteiger partial charge in [0.05, 0.1) is 17.3 Å². The molecule has 0 aliphatic heterocycles. The third-order valence-electron chi connectivity index (χ3n) is 4.13. The highest BCUT2D eigenvalue weighted by Crippen LogP contribution is 2.26. The van der Waals surface area contributed by atoms with Gasteiger partial charge in [-0.05, 0) is 44.2 Å². The van der Waals surface area contributed by atoms with Crippen LogP contribution in [0.3, 0.4) is 0 Å². The normalized spacial score (nSPS) is 11.3. The summed E-state index contributed by atoms with van der Waals surface area (Å²) in [6.07, 6.45) is 0. The largest absolute Gasteiger partial charge is 0.493 e. The molecule has 0 atom stereocenters. The van der Waals surface area contributed by atoms with Crippen LogP contribution >= 0.6 is 0 Å². The number of para-hydroxylation sites is 2. The van der Waals surface area contributed by atoms with Gasteiger partial charge in [-0.1, -0.05) is 23.3 Å². The Bertz CT molecular complexity index is 1140. The lowest BCUT2D eigenvalue weighted by molar-refractivity contribution is -0.118. The number of benzene rings is 2. The molecule has 0 unspecified atom stereocenters. The average Bonchev–Trinajstić information content (AvgIpc) is 3.20. The smallest absolute Gasteiger partial charge is 0.322 e. The van der Waals surface area contributed by atoms with Gasteiger partial charge in [0.25, 0.3) is 5.91 Å². The number of sulfone groups is 1. The monoisotopic (exact) mass is 431 g/mol. The molecule has 0 saturated carbocycles. The number of carbonyl (C=O) groups is 1. The van der Waals surface area contributed by atoms with Gasteiger partial charge in [0, 0.05) is 5.56 Å². The van der Waals surface area contributed by atoms with Crippen LogP contribution < -0.4 is 14.8 Å². The first-order valence-corrected chi connectivity index (χ1v) is 10.6. The summed E-state index contributed by atoms with van der Waals surface area (Å²) < 4.78 is 40.7. The van der Waals surface area contributed by atoms with Crippen molar-refractivity contribution in [3.8, 4) is 23.0 Å². The highest BCUT2D eigenvalue weighted by Gasteiger charge is 2.20. The van der Waals surface area contributed by atoms with Crippen LogP contribution in [0.5, 0.6) is 11.5 Å². The minimum atomic E-state index is -3.45. The van der Waals surface area contributed by atoms with Crippen molar-refractivity contribution in [1.29, 1.82) is 0 Å². The zero-order chi connectivity index (χ0) is 21.7. The van der Waals surface area contributed by atoms with Crippen LogP contribution in [0.25, 0.3) is 11.5 Å². The van der Waals surface area contributed by atoms with E-state index >= 15 is 0 Å². The molecule has 1 heterocycles. The fourth-order valence-electron chi connectivity index (χ4n) is 2.51. The van der Waals surface area contributed by atoms with Gasteiger partial charge in [-0.3, -0.25) is 10.1 Å². The molecule has 9 nitrogen and oxygen atoms in total. The van der Waals surface area contributed by atoms with Gasteiger partial charge in [0.2, 0.25) is 5.89 Å². The quantitative estimate of drug-likeness (QED) is 0.578. The highest BCUT2D eigenvalue weighted by atomic mass is 32.2. The van der Waals surface area contributed by atoms with Crippen LogP contribution in [0.2, 0.25) is 0 Å². The minimum absolute atomic E-state index is 0.0803. The number of rotatable bonds is 8. The van der Waals surface area contributed by atoms with E-state index in [1.807, 2.05) is 0 Å². The topological polar surface area (TPSA) is 121 Å². The maximum atomic E-state index is 12.4. The van der Waals surface area contributed by atoms with Crippen molar-refractivity contribution in [2.75, 3.05) is 19.0 Å². The molecule has 10 heteroatoms. The highest BCUT2D eigenvalue weighted by molar-refractivity contribution is 7.92. The number of carbonyl (C=O) groups excluding carboxylic acids is 1. The second-order valence-corrected chi connectivity index (χ2v) is 9.03. The van der Waals surface area contributed by atoms with Gasteiger partial charge in [-0.2, -0.15) is 0 Å². The number of amides is 1. The Morgan fingerprint density at radius 1 is 1.10 bits per heavy atom. The van der Waals surface area contributed by atoms with Crippen molar-refractivity contribution in [3.05, 3.63) is 48.5 Å². The van der Waals surface area contributed by atoms with Crippen molar-refractivity contribution in [2.24, 2.45) is 0 Å². The third kappa shape index (κ3) is 4.77. The zero-order valence-corrected chi connectivity index (χ0v) is 17.5. The Labute approximate surface area is 174 Å². The van der Waals surface area contributed by atoms with E-state index < -0.39 is 21.0 Å². The summed E-state index contributed by atoms with van der Waals surface area (Å²) in [6, 6.07) is 13.0. The van der Waals surface area contributed by atoms with E-state index in [1.165, 1.54) is 19.2 Å². The van der Waals surface area contributed by atoms with Gasteiger partial charge in [-0.15, -0.1) is 5.10 Å². The van der Waals surface area contributed by atoms with E-state index in [0.717, 1.165) is 0 Å². The predicted octanol–water partition coefficient (Wildman–Crippen LogP) is 2.94. The van der Waals surface area contributed by atoms with Gasteiger partial charge in [-0.25, -0.2) is 8.42 Å². The molecular weight excluding hydrogens is 410 g/mol. The Balaban J connectivity index is 1.67. The lowest BCUT2D eigenvalue weighted by Gasteiger charge is -2.09. The van der Waals surface area contributed by atoms with Crippen LogP contribution in [0.4, 0.5) is 6.01 Å². The number of ether oxygens (including phenoxy) is 2. The molecule has 0 spiro atoms. The third-order valence-corrected chi connectivity index (χ3v) is 6.28. The molecule has 158 valence electrons. The van der Waals surface area contributed by atoms with Crippen LogP contribution in [-0.2, 0) is 14.6 Å². The Morgan fingerprint density at radius 2 is 1.83 bits per heavy atom. The molecule has 2 aromatic carbocycles. The van der Waals surface area contributed by atoms with E-state index in [2.05, 4.69) is 15.5 Å². The molecule has 3 aromatic rings. The molecule has 0 radical (unpaired) electrons. The summed E-state index contributed by atoms with van der Waals surface area (Å²) >= 11 is 0. The predicted molar refractivity (Wildman–Crippen MR) is 109 cm³/mol. The summed E-state index contributed by atoms with van der Waals surface area (Å²) in [7, 11) is -1.94. The van der Waals surface area contributed by atoms with Gasteiger partial charge in [0.1, 0.15) is 0 Å². The molecule has 1 amide bonds. The van der Waals surface area contributed by atoms with E-state index in [-0.39, 0.29) is 23.4 Å². The van der Waals surface area contributed by atoms with Crippen molar-refractivity contribution in [1.82, 2.24) is 10.2 Å². The number of nitrogens with zero attached hydrogens (tertiary/aromatic N) is 2. The molecular formula is C20H21N3O6S. The number of hydrogen-bond donors (Lipinski definition) is 1. The number of nitrogens with one attached hydrogen (secondary N) is 1. The van der Waals surface area contributed by atoms with E-state index in [4.69, 9.17) is 13.9 Å². The summed E-state index contributed by atoms with van der Waals surface area (Å²) in [4.78, 5) is 12.3. The van der Waals surface area contributed by atoms with Crippen molar-refractivity contribution in [3.63, 3.8) is 0 Å². The maximum Gasteiger partial charge on any atom is 0.322 e. The second-order valence-electron chi connectivity index (χ2n) is 6.52. The average molecular weight is 431 g/mol. The van der Waals surface area contributed by atoms with E-state index in [9.17, 15) is 13.2 Å². The minimum Gasteiger partial charge on any atom is -0.493 e. The molecule has 0 bridgehead atoms. The maximum absolute atomic E-state index is 12.4. The fraction of sp³-hybridized carbons (Fsp3) is 0.250. The Morgan fingerprint density at radius 3 is 2.53 bits per heavy atom. The standard InChI is InChI=1S/C20H21N3O6S/c1-13(2)30(25,26)15-8-6-7-14(11-15)19-22-23-20(29-19)21-18(24)12-28-17-10-5-4-9-16(17)27-3/h4-11,13H,12H2,1-3H3,(H,21,23,24). The number of methoxy groups -OCH3 is 1. The number of anilines is 1. The fourth-order valence-corrected chi connectivity index (χ4v) is 3.61. The lowest BCUT2D eigenvalue weighted by Crippen LogP contribution is -2.20. The molecule has 1 N–H and O–H groups in total. The van der Waals surface area contributed by atoms with Gasteiger partial charge in [0.15, 0.2) is 27.9 Å². The van der Waals surface area contributed by atoms with Gasteiger partial charge >= 0.3 is 6.01 Å². The van der Waals surface area contributed by atoms with Crippen LogP contribution in [0.15, 0.2) is 57.8 Å². The summed E-state index contributed by atoms with van der Waals surface area (Å²) in [5.41, 5.74) is 0.426. The Kier molecular flexibility index (Phi) is 6.36. The number of aromatic nitrogens is 2. The first kappa shape index (κ1) is 21.3. The lowest BCUT2D eigenvalue weighted by atomic mass is 10.2. The second kappa shape index (κ2) is 8.95. The van der Waals surface area contributed by atoms with Crippen LogP contribution in [0, 0.1) is 0 Å². The number of hydrogen-bond acceptors (Lipinski definition) is 8. The molecule has 0 aliphatic carbocycles. The molecule has 3 rings (SSSR count). The van der Waals surface area contributed by atoms with Crippen LogP contribution in [-0.4, -0.2) is 43.5 Å². The first-order chi connectivity index (χ1) is 14.3. The molecule has 0 saturated heterocycles. The summed E-state index contributed by atoms with van der Waals surface area (Å²) in [6.45, 7) is 2.92.